The van der Waals surface area contributed by atoms with Crippen LogP contribution in [0.2, 0.25) is 0 Å². The van der Waals surface area contributed by atoms with E-state index in [1.807, 2.05) is 31.2 Å². The molecule has 0 aliphatic carbocycles. The maximum absolute atomic E-state index is 9.72. The van der Waals surface area contributed by atoms with Gasteiger partial charge in [-0.25, -0.2) is 0 Å². The van der Waals surface area contributed by atoms with E-state index in [9.17, 15) is 5.11 Å². The first kappa shape index (κ1) is 15.4. The third kappa shape index (κ3) is 6.35. The topological polar surface area (TPSA) is 61.7 Å². The minimum Gasteiger partial charge on any atom is -0.491 e. The number of halogens is 1. The minimum atomic E-state index is -0.560. The molecule has 0 heterocycles. The number of hydrogen-bond donors (Lipinski definition) is 3. The fourth-order valence-electron chi connectivity index (χ4n) is 1.42. The summed E-state index contributed by atoms with van der Waals surface area (Å²) in [4.78, 5) is 0. The maximum atomic E-state index is 9.72. The summed E-state index contributed by atoms with van der Waals surface area (Å²) < 4.78 is 6.45. The summed E-state index contributed by atoms with van der Waals surface area (Å²) in [6.45, 7) is 2.83. The number of hydrogen-bond acceptors (Lipinski definition) is 4. The second kappa shape index (κ2) is 8.48. The van der Waals surface area contributed by atoms with Crippen LogP contribution in [0.5, 0.6) is 5.75 Å². The molecule has 18 heavy (non-hydrogen) atoms. The lowest BCUT2D eigenvalue weighted by Crippen LogP contribution is -2.37. The van der Waals surface area contributed by atoms with Crippen molar-refractivity contribution in [2.75, 3.05) is 19.8 Å². The molecule has 0 aliphatic rings. The zero-order valence-corrected chi connectivity index (χ0v) is 12.1. The minimum absolute atomic E-state index is 0.152. The summed E-state index contributed by atoms with van der Waals surface area (Å²) in [6, 6.07) is 7.67. The fourth-order valence-corrected chi connectivity index (χ4v) is 1.68. The Hall–Kier alpha value is -0.620. The van der Waals surface area contributed by atoms with Crippen LogP contribution in [0.4, 0.5) is 0 Å². The molecule has 0 amide bonds. The van der Waals surface area contributed by atoms with E-state index in [0.29, 0.717) is 13.0 Å². The SMILES string of the molecule is CC(CCO)NCC(O)COc1ccc(Br)cc1. The smallest absolute Gasteiger partial charge is 0.119 e. The Morgan fingerprint density at radius 1 is 1.33 bits per heavy atom. The Morgan fingerprint density at radius 3 is 2.61 bits per heavy atom. The van der Waals surface area contributed by atoms with Crippen molar-refractivity contribution in [3.8, 4) is 5.75 Å². The molecule has 1 aromatic carbocycles. The lowest BCUT2D eigenvalue weighted by molar-refractivity contribution is 0.103. The van der Waals surface area contributed by atoms with Gasteiger partial charge in [0.25, 0.3) is 0 Å². The molecule has 1 aromatic rings. The van der Waals surface area contributed by atoms with E-state index in [0.717, 1.165) is 10.2 Å². The van der Waals surface area contributed by atoms with Gasteiger partial charge in [0.1, 0.15) is 18.5 Å². The second-order valence-corrected chi connectivity index (χ2v) is 5.16. The molecule has 4 nitrogen and oxygen atoms in total. The Labute approximate surface area is 116 Å². The van der Waals surface area contributed by atoms with Crippen molar-refractivity contribution < 1.29 is 14.9 Å². The quantitative estimate of drug-likeness (QED) is 0.681. The summed E-state index contributed by atoms with van der Waals surface area (Å²) in [5, 5.41) is 21.6. The Balaban J connectivity index is 2.20. The highest BCUT2D eigenvalue weighted by atomic mass is 79.9. The molecule has 0 fully saturated rings. The molecule has 0 saturated heterocycles. The summed E-state index contributed by atoms with van der Waals surface area (Å²) in [6.07, 6.45) is 0.120. The predicted octanol–water partition coefficient (Wildman–Crippen LogP) is 1.55. The van der Waals surface area contributed by atoms with E-state index in [2.05, 4.69) is 21.2 Å². The van der Waals surface area contributed by atoms with Crippen LogP contribution in [0.3, 0.4) is 0 Å². The normalized spacial score (nSPS) is 14.2. The number of aliphatic hydroxyl groups excluding tert-OH is 2. The average molecular weight is 318 g/mol. The number of benzene rings is 1. The third-order valence-corrected chi connectivity index (χ3v) is 3.05. The number of ether oxygens (including phenoxy) is 1. The van der Waals surface area contributed by atoms with Gasteiger partial charge in [0.2, 0.25) is 0 Å². The van der Waals surface area contributed by atoms with Crippen molar-refractivity contribution in [1.82, 2.24) is 5.32 Å². The van der Waals surface area contributed by atoms with E-state index in [1.165, 1.54) is 0 Å². The third-order valence-electron chi connectivity index (χ3n) is 2.52. The molecule has 2 unspecified atom stereocenters. The molecule has 2 atom stereocenters. The van der Waals surface area contributed by atoms with Crippen LogP contribution in [0.1, 0.15) is 13.3 Å². The van der Waals surface area contributed by atoms with E-state index >= 15 is 0 Å². The number of nitrogens with one attached hydrogen (secondary N) is 1. The second-order valence-electron chi connectivity index (χ2n) is 4.24. The summed E-state index contributed by atoms with van der Waals surface area (Å²) in [7, 11) is 0. The van der Waals surface area contributed by atoms with Crippen LogP contribution in [-0.2, 0) is 0 Å². The van der Waals surface area contributed by atoms with Gasteiger partial charge in [-0.3, -0.25) is 0 Å². The Bertz CT molecular complexity index is 332. The van der Waals surface area contributed by atoms with E-state index in [1.54, 1.807) is 0 Å². The molecule has 0 saturated carbocycles. The molecule has 0 bridgehead atoms. The lowest BCUT2D eigenvalue weighted by atomic mass is 10.2. The van der Waals surface area contributed by atoms with Gasteiger partial charge in [0.15, 0.2) is 0 Å². The monoisotopic (exact) mass is 317 g/mol. The van der Waals surface area contributed by atoms with Crippen molar-refractivity contribution >= 4 is 15.9 Å². The van der Waals surface area contributed by atoms with Crippen LogP contribution < -0.4 is 10.1 Å². The van der Waals surface area contributed by atoms with Crippen LogP contribution >= 0.6 is 15.9 Å². The van der Waals surface area contributed by atoms with Gasteiger partial charge < -0.3 is 20.3 Å². The van der Waals surface area contributed by atoms with E-state index in [-0.39, 0.29) is 19.3 Å². The fraction of sp³-hybridized carbons (Fsp3) is 0.538. The molecule has 3 N–H and O–H groups in total. The summed E-state index contributed by atoms with van der Waals surface area (Å²) in [5.74, 6) is 0.737. The van der Waals surface area contributed by atoms with Gasteiger partial charge in [0.05, 0.1) is 0 Å². The molecule has 0 spiro atoms. The van der Waals surface area contributed by atoms with E-state index < -0.39 is 6.10 Å². The summed E-state index contributed by atoms with van der Waals surface area (Å²) >= 11 is 3.35. The van der Waals surface area contributed by atoms with Crippen molar-refractivity contribution in [2.45, 2.75) is 25.5 Å². The molecular formula is C13H20BrNO3. The molecule has 5 heteroatoms. The van der Waals surface area contributed by atoms with Gasteiger partial charge >= 0.3 is 0 Å². The Kier molecular flexibility index (Phi) is 7.27. The largest absolute Gasteiger partial charge is 0.491 e. The molecule has 0 aliphatic heterocycles. The molecule has 102 valence electrons. The van der Waals surface area contributed by atoms with Crippen LogP contribution in [0.15, 0.2) is 28.7 Å². The number of rotatable bonds is 8. The molecule has 1 rings (SSSR count). The molecule has 0 aromatic heterocycles. The molecular weight excluding hydrogens is 298 g/mol. The highest BCUT2D eigenvalue weighted by Crippen LogP contribution is 2.16. The van der Waals surface area contributed by atoms with E-state index in [4.69, 9.17) is 9.84 Å². The van der Waals surface area contributed by atoms with Crippen molar-refractivity contribution in [2.24, 2.45) is 0 Å². The maximum Gasteiger partial charge on any atom is 0.119 e. The first-order valence-electron chi connectivity index (χ1n) is 6.02. The first-order valence-corrected chi connectivity index (χ1v) is 6.81. The molecule has 0 radical (unpaired) electrons. The first-order chi connectivity index (χ1) is 8.61. The standard InChI is InChI=1S/C13H20BrNO3/c1-10(6-7-16)15-8-12(17)9-18-13-4-2-11(14)3-5-13/h2-5,10,12,15-17H,6-9H2,1H3. The lowest BCUT2D eigenvalue weighted by Gasteiger charge is -2.16. The zero-order chi connectivity index (χ0) is 13.4. The Morgan fingerprint density at radius 2 is 2.00 bits per heavy atom. The van der Waals surface area contributed by atoms with Gasteiger partial charge in [-0.15, -0.1) is 0 Å². The van der Waals surface area contributed by atoms with Crippen molar-refractivity contribution in [3.05, 3.63) is 28.7 Å². The summed E-state index contributed by atoms with van der Waals surface area (Å²) in [5.41, 5.74) is 0. The van der Waals surface area contributed by atoms with Crippen LogP contribution in [0.25, 0.3) is 0 Å². The van der Waals surface area contributed by atoms with Crippen LogP contribution in [-0.4, -0.2) is 42.1 Å². The van der Waals surface area contributed by atoms with Gasteiger partial charge in [-0.2, -0.15) is 0 Å². The zero-order valence-electron chi connectivity index (χ0n) is 10.5. The highest BCUT2D eigenvalue weighted by Gasteiger charge is 2.07. The van der Waals surface area contributed by atoms with Crippen LogP contribution in [0, 0.1) is 0 Å². The predicted molar refractivity (Wildman–Crippen MR) is 74.8 cm³/mol. The highest BCUT2D eigenvalue weighted by molar-refractivity contribution is 9.10. The average Bonchev–Trinajstić information content (AvgIpc) is 2.36. The van der Waals surface area contributed by atoms with Gasteiger partial charge in [-0.1, -0.05) is 15.9 Å². The number of aliphatic hydroxyl groups is 2. The van der Waals surface area contributed by atoms with Crippen molar-refractivity contribution in [3.63, 3.8) is 0 Å². The van der Waals surface area contributed by atoms with Gasteiger partial charge in [0, 0.05) is 23.7 Å². The van der Waals surface area contributed by atoms with Crippen molar-refractivity contribution in [1.29, 1.82) is 0 Å². The van der Waals surface area contributed by atoms with Gasteiger partial charge in [-0.05, 0) is 37.6 Å².